The van der Waals surface area contributed by atoms with Crippen LogP contribution in [0.15, 0.2) is 0 Å². The summed E-state index contributed by atoms with van der Waals surface area (Å²) in [7, 11) is 0. The maximum atomic E-state index is 11.3. The lowest BCUT2D eigenvalue weighted by Crippen LogP contribution is -2.67. The summed E-state index contributed by atoms with van der Waals surface area (Å²) < 4.78 is 9.74. The van der Waals surface area contributed by atoms with E-state index in [0.717, 1.165) is 6.92 Å². The maximum Gasteiger partial charge on any atom is 0.364 e. The van der Waals surface area contributed by atoms with Crippen LogP contribution in [-0.2, 0) is 23.9 Å². The van der Waals surface area contributed by atoms with Crippen LogP contribution in [-0.4, -0.2) is 97.9 Å². The number of nitrogens with one attached hydrogen (secondary N) is 1. The number of ether oxygens (including phenoxy) is 2. The number of carboxylic acids is 1. The molecule has 0 aliphatic carbocycles. The maximum absolute atomic E-state index is 11.3. The van der Waals surface area contributed by atoms with Crippen LogP contribution >= 0.6 is 0 Å². The van der Waals surface area contributed by atoms with Gasteiger partial charge < -0.3 is 45.4 Å². The number of amides is 1. The van der Waals surface area contributed by atoms with Crippen LogP contribution in [0, 0.1) is 0 Å². The van der Waals surface area contributed by atoms with Gasteiger partial charge in [0, 0.05) is 13.3 Å². The summed E-state index contributed by atoms with van der Waals surface area (Å²) in [4.78, 5) is 33.9. The second kappa shape index (κ2) is 8.51. The zero-order valence-electron chi connectivity index (χ0n) is 13.2. The SMILES string of the molecule is CC(=O)N[C@H]1[C@H]([C@H](OC(=O)CO)[C@H](O)CO)OC(O)(C(=O)O)C[C@@H]1O. The molecule has 12 heteroatoms. The van der Waals surface area contributed by atoms with Crippen LogP contribution in [0.5, 0.6) is 0 Å². The van der Waals surface area contributed by atoms with Crippen molar-refractivity contribution in [3.63, 3.8) is 0 Å². The quantitative estimate of drug-likeness (QED) is 0.214. The Morgan fingerprint density at radius 3 is 2.40 bits per heavy atom. The molecule has 0 spiro atoms. The zero-order valence-corrected chi connectivity index (χ0v) is 13.2. The van der Waals surface area contributed by atoms with Gasteiger partial charge in [-0.05, 0) is 0 Å². The van der Waals surface area contributed by atoms with Crippen molar-refractivity contribution >= 4 is 17.8 Å². The molecule has 25 heavy (non-hydrogen) atoms. The lowest BCUT2D eigenvalue weighted by atomic mass is 9.88. The van der Waals surface area contributed by atoms with Crippen molar-refractivity contribution in [3.05, 3.63) is 0 Å². The number of carbonyl (C=O) groups is 3. The number of rotatable bonds is 7. The van der Waals surface area contributed by atoms with Gasteiger partial charge in [0.05, 0.1) is 18.8 Å². The van der Waals surface area contributed by atoms with Crippen molar-refractivity contribution in [3.8, 4) is 0 Å². The third-order valence-electron chi connectivity index (χ3n) is 3.58. The minimum Gasteiger partial charge on any atom is -0.477 e. The fraction of sp³-hybridized carbons (Fsp3) is 0.769. The van der Waals surface area contributed by atoms with Crippen LogP contribution < -0.4 is 5.32 Å². The number of esters is 1. The van der Waals surface area contributed by atoms with Crippen molar-refractivity contribution in [2.24, 2.45) is 0 Å². The molecule has 1 aliphatic rings. The number of hydrogen-bond donors (Lipinski definition) is 7. The van der Waals surface area contributed by atoms with E-state index >= 15 is 0 Å². The topological polar surface area (TPSA) is 203 Å². The number of hydrogen-bond acceptors (Lipinski definition) is 10. The molecule has 0 aromatic heterocycles. The molecule has 1 fully saturated rings. The highest BCUT2D eigenvalue weighted by Crippen LogP contribution is 2.31. The minimum absolute atomic E-state index is 0.663. The van der Waals surface area contributed by atoms with Crippen molar-refractivity contribution in [1.29, 1.82) is 0 Å². The van der Waals surface area contributed by atoms with E-state index in [-0.39, 0.29) is 0 Å². The second-order valence-electron chi connectivity index (χ2n) is 5.53. The molecule has 0 saturated carbocycles. The lowest BCUT2D eigenvalue weighted by molar-refractivity contribution is -0.296. The van der Waals surface area contributed by atoms with Gasteiger partial charge in [0.1, 0.15) is 18.8 Å². The summed E-state index contributed by atoms with van der Waals surface area (Å²) in [5.41, 5.74) is 0. The van der Waals surface area contributed by atoms with Gasteiger partial charge in [-0.15, -0.1) is 0 Å². The first kappa shape index (κ1) is 21.2. The van der Waals surface area contributed by atoms with Crippen molar-refractivity contribution in [2.75, 3.05) is 13.2 Å². The summed E-state index contributed by atoms with van der Waals surface area (Å²) in [5, 5.41) is 59.2. The Morgan fingerprint density at radius 2 is 1.96 bits per heavy atom. The highest BCUT2D eigenvalue weighted by Gasteiger charge is 2.55. The highest BCUT2D eigenvalue weighted by atomic mass is 16.7. The number of aliphatic carboxylic acids is 1. The predicted octanol–water partition coefficient (Wildman–Crippen LogP) is -4.33. The van der Waals surface area contributed by atoms with Crippen molar-refractivity contribution in [2.45, 2.75) is 49.6 Å². The molecule has 1 amide bonds. The smallest absolute Gasteiger partial charge is 0.364 e. The van der Waals surface area contributed by atoms with Gasteiger partial charge >= 0.3 is 11.9 Å². The summed E-state index contributed by atoms with van der Waals surface area (Å²) in [5.74, 6) is -6.66. The number of aliphatic hydroxyl groups is 5. The normalized spacial score (nSPS) is 31.7. The van der Waals surface area contributed by atoms with E-state index in [4.69, 9.17) is 24.8 Å². The first-order valence-corrected chi connectivity index (χ1v) is 7.23. The molecule has 1 heterocycles. The first-order chi connectivity index (χ1) is 11.6. The van der Waals surface area contributed by atoms with E-state index in [2.05, 4.69) is 5.32 Å². The predicted molar refractivity (Wildman–Crippen MR) is 75.7 cm³/mol. The highest BCUT2D eigenvalue weighted by molar-refractivity contribution is 5.76. The van der Waals surface area contributed by atoms with E-state index in [9.17, 15) is 29.7 Å². The fourth-order valence-electron chi connectivity index (χ4n) is 2.46. The van der Waals surface area contributed by atoms with E-state index in [1.54, 1.807) is 0 Å². The molecule has 0 aromatic rings. The summed E-state index contributed by atoms with van der Waals surface area (Å²) in [6.07, 6.45) is -7.83. The zero-order chi connectivity index (χ0) is 19.4. The van der Waals surface area contributed by atoms with Gasteiger partial charge in [-0.2, -0.15) is 0 Å². The van der Waals surface area contributed by atoms with Gasteiger partial charge in [-0.1, -0.05) is 0 Å². The molecule has 0 radical (unpaired) electrons. The van der Waals surface area contributed by atoms with Crippen molar-refractivity contribution in [1.82, 2.24) is 5.32 Å². The molecule has 7 N–H and O–H groups in total. The van der Waals surface area contributed by atoms with Crippen LogP contribution in [0.25, 0.3) is 0 Å². The number of carbonyl (C=O) groups excluding carboxylic acids is 2. The number of carboxylic acid groups (broad SMARTS) is 1. The summed E-state index contributed by atoms with van der Waals surface area (Å²) in [6.45, 7) is -0.978. The van der Waals surface area contributed by atoms with Crippen LogP contribution in [0.4, 0.5) is 0 Å². The average Bonchev–Trinajstić information content (AvgIpc) is 2.53. The molecule has 1 rings (SSSR count). The largest absolute Gasteiger partial charge is 0.477 e. The Morgan fingerprint density at radius 1 is 1.36 bits per heavy atom. The molecule has 0 bridgehead atoms. The van der Waals surface area contributed by atoms with Gasteiger partial charge in [-0.25, -0.2) is 9.59 Å². The molecule has 1 unspecified atom stereocenters. The minimum atomic E-state index is -2.89. The summed E-state index contributed by atoms with van der Waals surface area (Å²) >= 11 is 0. The molecule has 12 nitrogen and oxygen atoms in total. The Balaban J connectivity index is 3.26. The van der Waals surface area contributed by atoms with Crippen LogP contribution in [0.2, 0.25) is 0 Å². The van der Waals surface area contributed by atoms with Gasteiger partial charge in [-0.3, -0.25) is 4.79 Å². The van der Waals surface area contributed by atoms with Crippen molar-refractivity contribution < 1.29 is 54.5 Å². The Kier molecular flexibility index (Phi) is 7.22. The molecule has 144 valence electrons. The molecule has 1 saturated heterocycles. The molecule has 0 aromatic carbocycles. The van der Waals surface area contributed by atoms with Crippen LogP contribution in [0.3, 0.4) is 0 Å². The van der Waals surface area contributed by atoms with E-state index < -0.39 is 73.7 Å². The molecule has 1 aliphatic heterocycles. The second-order valence-corrected chi connectivity index (χ2v) is 5.53. The lowest BCUT2D eigenvalue weighted by Gasteiger charge is -2.45. The van der Waals surface area contributed by atoms with Gasteiger partial charge in [0.2, 0.25) is 5.91 Å². The van der Waals surface area contributed by atoms with E-state index in [1.165, 1.54) is 0 Å². The summed E-state index contributed by atoms with van der Waals surface area (Å²) in [6, 6.07) is -1.38. The Bertz CT molecular complexity index is 512. The van der Waals surface area contributed by atoms with E-state index in [0.29, 0.717) is 0 Å². The average molecular weight is 367 g/mol. The Labute approximate surface area is 141 Å². The van der Waals surface area contributed by atoms with Gasteiger partial charge in [0.25, 0.3) is 5.79 Å². The van der Waals surface area contributed by atoms with Crippen LogP contribution in [0.1, 0.15) is 13.3 Å². The monoisotopic (exact) mass is 367 g/mol. The van der Waals surface area contributed by atoms with Gasteiger partial charge in [0.15, 0.2) is 6.10 Å². The molecular weight excluding hydrogens is 346 g/mol. The third-order valence-corrected chi connectivity index (χ3v) is 3.58. The van der Waals surface area contributed by atoms with E-state index in [1.807, 2.05) is 0 Å². The standard InChI is InChI=1S/C13H21NO11/c1-5(17)14-9-6(18)2-13(23,12(21)22)25-11(9)10(7(19)3-15)24-8(20)4-16/h6-7,9-11,15-16,18-19,23H,2-4H2,1H3,(H,14,17)(H,21,22)/t6-,7+,9+,10+,11+,13?/m0/s1. The third kappa shape index (κ3) is 5.07. The molecule has 6 atom stereocenters. The fourth-order valence-corrected chi connectivity index (χ4v) is 2.46. The first-order valence-electron chi connectivity index (χ1n) is 7.23. The molecular formula is C13H21NO11. The number of aliphatic hydroxyl groups excluding tert-OH is 4. The Hall–Kier alpha value is -1.83.